The smallest absolute Gasteiger partial charge is 0.251 e. The summed E-state index contributed by atoms with van der Waals surface area (Å²) in [5.41, 5.74) is 6.83. The van der Waals surface area contributed by atoms with Crippen LogP contribution in [0.3, 0.4) is 0 Å². The van der Waals surface area contributed by atoms with Crippen LogP contribution < -0.4 is 11.1 Å². The fourth-order valence-corrected chi connectivity index (χ4v) is 3.85. The van der Waals surface area contributed by atoms with E-state index >= 15 is 0 Å². The van der Waals surface area contributed by atoms with E-state index in [1.165, 1.54) is 11.3 Å². The topological polar surface area (TPSA) is 72.2 Å². The Morgan fingerprint density at radius 3 is 2.63 bits per heavy atom. The van der Waals surface area contributed by atoms with Crippen LogP contribution in [0.2, 0.25) is 0 Å². The maximum Gasteiger partial charge on any atom is 0.251 e. The lowest BCUT2D eigenvalue weighted by atomic mass is 9.95. The molecule has 19 heavy (non-hydrogen) atoms. The van der Waals surface area contributed by atoms with E-state index in [-0.39, 0.29) is 12.3 Å². The molecule has 3 rings (SSSR count). The summed E-state index contributed by atoms with van der Waals surface area (Å²) >= 11 is 1.41. The molecule has 1 heterocycles. The quantitative estimate of drug-likeness (QED) is 0.890. The number of halogens is 1. The third-order valence-electron chi connectivity index (χ3n) is 3.70. The lowest BCUT2D eigenvalue weighted by Gasteiger charge is -2.11. The summed E-state index contributed by atoms with van der Waals surface area (Å²) in [6.07, 6.45) is 3.12. The van der Waals surface area contributed by atoms with Gasteiger partial charge in [-0.2, -0.15) is 0 Å². The van der Waals surface area contributed by atoms with Gasteiger partial charge in [0.15, 0.2) is 0 Å². The summed E-state index contributed by atoms with van der Waals surface area (Å²) in [5.74, 6) is -1.41. The zero-order valence-electron chi connectivity index (χ0n) is 10.4. The molecule has 1 saturated carbocycles. The minimum absolute atomic E-state index is 0.281. The first-order valence-corrected chi connectivity index (χ1v) is 7.29. The maximum absolute atomic E-state index is 12.9. The van der Waals surface area contributed by atoms with E-state index in [1.807, 2.05) is 0 Å². The highest BCUT2D eigenvalue weighted by Crippen LogP contribution is 2.40. The number of hydrogen-bond acceptors (Lipinski definition) is 3. The van der Waals surface area contributed by atoms with Crippen molar-refractivity contribution >= 4 is 28.2 Å². The zero-order valence-corrected chi connectivity index (χ0v) is 11.2. The number of nitrogens with two attached hydrogens (primary N) is 1. The lowest BCUT2D eigenvalue weighted by Crippen LogP contribution is -2.19. The molecule has 2 atom stereocenters. The summed E-state index contributed by atoms with van der Waals surface area (Å²) < 4.78 is 12.9. The van der Waals surface area contributed by atoms with E-state index in [1.54, 1.807) is 0 Å². The van der Waals surface area contributed by atoms with E-state index in [0.29, 0.717) is 10.6 Å². The highest BCUT2D eigenvalue weighted by molar-refractivity contribution is 7.17. The van der Waals surface area contributed by atoms with Gasteiger partial charge >= 0.3 is 0 Å². The Morgan fingerprint density at radius 1 is 1.32 bits per heavy atom. The summed E-state index contributed by atoms with van der Waals surface area (Å²) in [5, 5.41) is 3.18. The number of primary amides is 1. The third kappa shape index (κ3) is 2.25. The third-order valence-corrected chi connectivity index (χ3v) is 4.91. The summed E-state index contributed by atoms with van der Waals surface area (Å²) in [4.78, 5) is 24.5. The molecule has 0 saturated heterocycles. The van der Waals surface area contributed by atoms with E-state index in [0.717, 1.165) is 36.1 Å². The van der Waals surface area contributed by atoms with Crippen molar-refractivity contribution in [2.24, 2.45) is 11.7 Å². The summed E-state index contributed by atoms with van der Waals surface area (Å²) in [7, 11) is 0. The van der Waals surface area contributed by atoms with Gasteiger partial charge in [0.25, 0.3) is 5.91 Å². The summed E-state index contributed by atoms with van der Waals surface area (Å²) in [6, 6.07) is 0. The Morgan fingerprint density at radius 2 is 2.00 bits per heavy atom. The van der Waals surface area contributed by atoms with Crippen molar-refractivity contribution in [2.75, 3.05) is 5.32 Å². The summed E-state index contributed by atoms with van der Waals surface area (Å²) in [6.45, 7) is 0. The van der Waals surface area contributed by atoms with Crippen molar-refractivity contribution < 1.29 is 14.0 Å². The van der Waals surface area contributed by atoms with Gasteiger partial charge in [0, 0.05) is 4.88 Å². The number of hydrogen-bond donors (Lipinski definition) is 2. The number of carbonyl (C=O) groups is 2. The molecule has 0 radical (unpaired) electrons. The lowest BCUT2D eigenvalue weighted by molar-refractivity contribution is -0.117. The van der Waals surface area contributed by atoms with Crippen LogP contribution in [0, 0.1) is 5.92 Å². The molecule has 4 nitrogen and oxygen atoms in total. The van der Waals surface area contributed by atoms with Crippen molar-refractivity contribution in [2.45, 2.75) is 38.3 Å². The molecular formula is C13H15FN2O2S. The predicted octanol–water partition coefficient (Wildman–Crippen LogP) is 2.02. The first-order chi connectivity index (χ1) is 9.08. The van der Waals surface area contributed by atoms with Gasteiger partial charge in [-0.15, -0.1) is 11.3 Å². The Balaban J connectivity index is 1.89. The molecule has 1 fully saturated rings. The normalized spacial score (nSPS) is 24.7. The number of thiophene rings is 1. The highest BCUT2D eigenvalue weighted by atomic mass is 32.1. The Bertz CT molecular complexity index is 555. The van der Waals surface area contributed by atoms with Crippen LogP contribution in [0.5, 0.6) is 0 Å². The Kier molecular flexibility index (Phi) is 3.05. The van der Waals surface area contributed by atoms with Crippen molar-refractivity contribution in [1.29, 1.82) is 0 Å². The number of anilines is 1. The molecule has 0 spiro atoms. The molecule has 6 heteroatoms. The minimum Gasteiger partial charge on any atom is -0.365 e. The number of alkyl halides is 1. The largest absolute Gasteiger partial charge is 0.365 e. The van der Waals surface area contributed by atoms with Gasteiger partial charge in [-0.05, 0) is 37.7 Å². The van der Waals surface area contributed by atoms with Crippen LogP contribution in [0.25, 0.3) is 0 Å². The van der Waals surface area contributed by atoms with Gasteiger partial charge in [-0.25, -0.2) is 4.39 Å². The zero-order chi connectivity index (χ0) is 13.6. The van der Waals surface area contributed by atoms with Gasteiger partial charge in [0.05, 0.1) is 11.5 Å². The molecule has 2 amide bonds. The fourth-order valence-electron chi connectivity index (χ4n) is 2.55. The number of fused-ring (bicyclic) bond motifs is 1. The Labute approximate surface area is 114 Å². The van der Waals surface area contributed by atoms with E-state index in [9.17, 15) is 14.0 Å². The van der Waals surface area contributed by atoms with E-state index < -0.39 is 18.0 Å². The molecule has 0 bridgehead atoms. The molecule has 2 aliphatic carbocycles. The minimum atomic E-state index is -1.04. The van der Waals surface area contributed by atoms with Crippen LogP contribution in [0.15, 0.2) is 0 Å². The second kappa shape index (κ2) is 4.59. The van der Waals surface area contributed by atoms with Gasteiger partial charge in [-0.1, -0.05) is 0 Å². The van der Waals surface area contributed by atoms with Crippen LogP contribution in [-0.2, 0) is 17.6 Å². The first-order valence-electron chi connectivity index (χ1n) is 6.47. The van der Waals surface area contributed by atoms with Crippen LogP contribution >= 0.6 is 11.3 Å². The molecule has 1 aromatic heterocycles. The molecule has 1 aromatic rings. The first kappa shape index (κ1) is 12.6. The van der Waals surface area contributed by atoms with Crippen LogP contribution in [0.4, 0.5) is 9.39 Å². The molecule has 0 unspecified atom stereocenters. The number of aryl methyl sites for hydroxylation is 1. The number of amides is 2. The van der Waals surface area contributed by atoms with Crippen molar-refractivity contribution in [3.63, 3.8) is 0 Å². The molecule has 3 N–H and O–H groups in total. The predicted molar refractivity (Wildman–Crippen MR) is 71.1 cm³/mol. The van der Waals surface area contributed by atoms with E-state index in [2.05, 4.69) is 5.32 Å². The van der Waals surface area contributed by atoms with Crippen LogP contribution in [-0.4, -0.2) is 18.0 Å². The molecular weight excluding hydrogens is 267 g/mol. The number of carbonyl (C=O) groups excluding carboxylic acids is 2. The standard InChI is InChI=1S/C13H15FN2O2S/c14-8-5-7(8)12(18)16-13-10(11(15)17)6-3-1-2-4-9(6)19-13/h7-8H,1-5H2,(H2,15,17)(H,16,18)/t7-,8-/m1/s1. The number of nitrogens with one attached hydrogen (secondary N) is 1. The van der Waals surface area contributed by atoms with Crippen molar-refractivity contribution in [1.82, 2.24) is 0 Å². The van der Waals surface area contributed by atoms with Crippen molar-refractivity contribution in [3.8, 4) is 0 Å². The fraction of sp³-hybridized carbons (Fsp3) is 0.538. The monoisotopic (exact) mass is 282 g/mol. The van der Waals surface area contributed by atoms with Crippen LogP contribution in [0.1, 0.15) is 40.1 Å². The molecule has 2 aliphatic rings. The second-order valence-electron chi connectivity index (χ2n) is 5.13. The Hall–Kier alpha value is -1.43. The van der Waals surface area contributed by atoms with Gasteiger partial charge in [0.2, 0.25) is 5.91 Å². The average molecular weight is 282 g/mol. The molecule has 0 aliphatic heterocycles. The number of rotatable bonds is 3. The van der Waals surface area contributed by atoms with Gasteiger partial charge in [-0.3, -0.25) is 9.59 Å². The van der Waals surface area contributed by atoms with Gasteiger partial charge < -0.3 is 11.1 Å². The molecule has 0 aromatic carbocycles. The van der Waals surface area contributed by atoms with Gasteiger partial charge in [0.1, 0.15) is 11.2 Å². The van der Waals surface area contributed by atoms with Crippen molar-refractivity contribution in [3.05, 3.63) is 16.0 Å². The average Bonchev–Trinajstić information content (AvgIpc) is 2.98. The maximum atomic E-state index is 12.9. The molecule has 102 valence electrons. The second-order valence-corrected chi connectivity index (χ2v) is 6.23. The highest BCUT2D eigenvalue weighted by Gasteiger charge is 2.44. The van der Waals surface area contributed by atoms with E-state index in [4.69, 9.17) is 5.73 Å². The SMILES string of the molecule is NC(=O)c1c(NC(=O)[C@@H]2C[C@H]2F)sc2c1CCCC2.